The Morgan fingerprint density at radius 2 is 2.12 bits per heavy atom. The van der Waals surface area contributed by atoms with Gasteiger partial charge in [-0.2, -0.15) is 0 Å². The summed E-state index contributed by atoms with van der Waals surface area (Å²) in [7, 11) is 0. The molecule has 0 fully saturated rings. The van der Waals surface area contributed by atoms with E-state index in [2.05, 4.69) is 5.32 Å². The van der Waals surface area contributed by atoms with Gasteiger partial charge in [-0.3, -0.25) is 5.32 Å². The van der Waals surface area contributed by atoms with Gasteiger partial charge in [0.2, 0.25) is 0 Å². The third-order valence-corrected chi connectivity index (χ3v) is 2.45. The largest absolute Gasteiger partial charge is 0.450 e. The third kappa shape index (κ3) is 3.31. The van der Waals surface area contributed by atoms with Gasteiger partial charge < -0.3 is 4.74 Å². The van der Waals surface area contributed by atoms with Gasteiger partial charge in [0.1, 0.15) is 4.99 Å². The van der Waals surface area contributed by atoms with Gasteiger partial charge in [0.05, 0.1) is 6.61 Å². The fourth-order valence-corrected chi connectivity index (χ4v) is 1.61. The molecule has 0 atom stereocenters. The van der Waals surface area contributed by atoms with E-state index in [4.69, 9.17) is 17.0 Å². The standard InChI is InChI=1S/C12H15NO2S/c1-4-15-12(14)13-11(16)10-7-8(2)5-6-9(10)3/h5-7H,4H2,1-3H3,(H,13,14,16). The zero-order valence-corrected chi connectivity index (χ0v) is 10.5. The van der Waals surface area contributed by atoms with Crippen LogP contribution in [0.15, 0.2) is 18.2 Å². The number of hydrogen-bond acceptors (Lipinski definition) is 3. The van der Waals surface area contributed by atoms with Crippen LogP contribution in [0.4, 0.5) is 4.79 Å². The Hall–Kier alpha value is -1.42. The Labute approximate surface area is 101 Å². The SMILES string of the molecule is CCOC(=O)NC(=S)c1cc(C)ccc1C. The van der Waals surface area contributed by atoms with Gasteiger partial charge in [-0.1, -0.05) is 29.9 Å². The Bertz CT molecular complexity index is 415. The highest BCUT2D eigenvalue weighted by Crippen LogP contribution is 2.11. The molecule has 3 nitrogen and oxygen atoms in total. The third-order valence-electron chi connectivity index (χ3n) is 2.13. The van der Waals surface area contributed by atoms with Crippen molar-refractivity contribution < 1.29 is 9.53 Å². The number of thiocarbonyl (C=S) groups is 1. The maximum Gasteiger partial charge on any atom is 0.412 e. The van der Waals surface area contributed by atoms with E-state index in [1.165, 1.54) is 0 Å². The lowest BCUT2D eigenvalue weighted by Gasteiger charge is -2.10. The molecule has 1 aromatic rings. The summed E-state index contributed by atoms with van der Waals surface area (Å²) >= 11 is 5.15. The highest BCUT2D eigenvalue weighted by atomic mass is 32.1. The number of carbonyl (C=O) groups excluding carboxylic acids is 1. The van der Waals surface area contributed by atoms with Crippen molar-refractivity contribution in [2.24, 2.45) is 0 Å². The fraction of sp³-hybridized carbons (Fsp3) is 0.333. The first-order valence-corrected chi connectivity index (χ1v) is 5.50. The van der Waals surface area contributed by atoms with Gasteiger partial charge in [0.25, 0.3) is 0 Å². The number of carbonyl (C=O) groups is 1. The molecule has 0 aliphatic carbocycles. The lowest BCUT2D eigenvalue weighted by atomic mass is 10.1. The Balaban J connectivity index is 2.80. The zero-order chi connectivity index (χ0) is 12.1. The molecule has 0 unspecified atom stereocenters. The number of nitrogens with one attached hydrogen (secondary N) is 1. The first kappa shape index (κ1) is 12.6. The van der Waals surface area contributed by atoms with Gasteiger partial charge in [-0.15, -0.1) is 0 Å². The van der Waals surface area contributed by atoms with Crippen molar-refractivity contribution in [3.8, 4) is 0 Å². The van der Waals surface area contributed by atoms with Crippen molar-refractivity contribution in [1.29, 1.82) is 0 Å². The molecule has 0 aromatic heterocycles. The molecule has 0 spiro atoms. The molecule has 16 heavy (non-hydrogen) atoms. The molecule has 1 rings (SSSR count). The van der Waals surface area contributed by atoms with Crippen molar-refractivity contribution in [3.05, 3.63) is 34.9 Å². The molecule has 0 bridgehead atoms. The Morgan fingerprint density at radius 1 is 1.44 bits per heavy atom. The molecule has 0 saturated carbocycles. The van der Waals surface area contributed by atoms with E-state index < -0.39 is 6.09 Å². The van der Waals surface area contributed by atoms with E-state index in [1.807, 2.05) is 32.0 Å². The van der Waals surface area contributed by atoms with Crippen LogP contribution in [0, 0.1) is 13.8 Å². The molecule has 4 heteroatoms. The quantitative estimate of drug-likeness (QED) is 0.804. The van der Waals surface area contributed by atoms with Crippen LogP contribution in [-0.2, 0) is 4.74 Å². The first-order chi connectivity index (χ1) is 7.54. The van der Waals surface area contributed by atoms with Crippen LogP contribution in [-0.4, -0.2) is 17.7 Å². The zero-order valence-electron chi connectivity index (χ0n) is 9.66. The van der Waals surface area contributed by atoms with Crippen molar-refractivity contribution in [1.82, 2.24) is 5.32 Å². The lowest BCUT2D eigenvalue weighted by Crippen LogP contribution is -2.30. The summed E-state index contributed by atoms with van der Waals surface area (Å²) in [5.41, 5.74) is 3.00. The highest BCUT2D eigenvalue weighted by molar-refractivity contribution is 7.80. The van der Waals surface area contributed by atoms with E-state index in [1.54, 1.807) is 6.92 Å². The van der Waals surface area contributed by atoms with Crippen molar-refractivity contribution in [2.45, 2.75) is 20.8 Å². The van der Waals surface area contributed by atoms with E-state index in [0.717, 1.165) is 16.7 Å². The molecule has 0 aliphatic heterocycles. The number of aryl methyl sites for hydroxylation is 2. The van der Waals surface area contributed by atoms with E-state index in [9.17, 15) is 4.79 Å². The van der Waals surface area contributed by atoms with E-state index >= 15 is 0 Å². The summed E-state index contributed by atoms with van der Waals surface area (Å²) in [6.07, 6.45) is -0.506. The minimum atomic E-state index is -0.506. The summed E-state index contributed by atoms with van der Waals surface area (Å²) in [5, 5.41) is 2.54. The molecule has 0 radical (unpaired) electrons. The second kappa shape index (κ2) is 5.61. The number of alkyl carbamates (subject to hydrolysis) is 1. The number of ether oxygens (including phenoxy) is 1. The molecule has 1 aromatic carbocycles. The van der Waals surface area contributed by atoms with Crippen LogP contribution in [0.2, 0.25) is 0 Å². The first-order valence-electron chi connectivity index (χ1n) is 5.10. The van der Waals surface area contributed by atoms with Gasteiger partial charge in [-0.25, -0.2) is 4.79 Å². The van der Waals surface area contributed by atoms with Crippen molar-refractivity contribution in [3.63, 3.8) is 0 Å². The summed E-state index contributed by atoms with van der Waals surface area (Å²) in [6, 6.07) is 5.93. The van der Waals surface area contributed by atoms with Gasteiger partial charge in [0, 0.05) is 5.56 Å². The fourth-order valence-electron chi connectivity index (χ4n) is 1.31. The van der Waals surface area contributed by atoms with Crippen LogP contribution >= 0.6 is 12.2 Å². The molecular formula is C12H15NO2S. The second-order valence-corrected chi connectivity index (χ2v) is 3.90. The number of hydrogen-bond donors (Lipinski definition) is 1. The maximum atomic E-state index is 11.2. The summed E-state index contributed by atoms with van der Waals surface area (Å²) < 4.78 is 4.77. The smallest absolute Gasteiger partial charge is 0.412 e. The minimum absolute atomic E-state index is 0.335. The topological polar surface area (TPSA) is 38.3 Å². The number of amides is 1. The lowest BCUT2D eigenvalue weighted by molar-refractivity contribution is 0.158. The summed E-state index contributed by atoms with van der Waals surface area (Å²) in [6.45, 7) is 6.02. The molecule has 0 saturated heterocycles. The molecule has 0 heterocycles. The average Bonchev–Trinajstić information content (AvgIpc) is 2.21. The van der Waals surface area contributed by atoms with Crippen LogP contribution in [0.3, 0.4) is 0 Å². The average molecular weight is 237 g/mol. The summed E-state index contributed by atoms with van der Waals surface area (Å²) in [4.78, 5) is 11.6. The van der Waals surface area contributed by atoms with Gasteiger partial charge >= 0.3 is 6.09 Å². The predicted octanol–water partition coefficient (Wildman–Crippen LogP) is 2.73. The molecule has 86 valence electrons. The maximum absolute atomic E-state index is 11.2. The molecule has 1 N–H and O–H groups in total. The van der Waals surface area contributed by atoms with Crippen LogP contribution in [0.25, 0.3) is 0 Å². The second-order valence-electron chi connectivity index (χ2n) is 3.49. The summed E-state index contributed by atoms with van der Waals surface area (Å²) in [5.74, 6) is 0. The predicted molar refractivity (Wildman–Crippen MR) is 67.8 cm³/mol. The van der Waals surface area contributed by atoms with Crippen LogP contribution in [0.5, 0.6) is 0 Å². The number of rotatable bonds is 2. The molecule has 0 aliphatic rings. The van der Waals surface area contributed by atoms with Crippen molar-refractivity contribution >= 4 is 23.3 Å². The Kier molecular flexibility index (Phi) is 4.43. The highest BCUT2D eigenvalue weighted by Gasteiger charge is 2.09. The number of benzene rings is 1. The minimum Gasteiger partial charge on any atom is -0.450 e. The normalized spacial score (nSPS) is 9.69. The molecule has 1 amide bonds. The molecular weight excluding hydrogens is 222 g/mol. The van der Waals surface area contributed by atoms with Crippen LogP contribution in [0.1, 0.15) is 23.6 Å². The van der Waals surface area contributed by atoms with Crippen molar-refractivity contribution in [2.75, 3.05) is 6.61 Å². The monoisotopic (exact) mass is 237 g/mol. The van der Waals surface area contributed by atoms with E-state index in [-0.39, 0.29) is 0 Å². The van der Waals surface area contributed by atoms with Gasteiger partial charge in [0.15, 0.2) is 0 Å². The Morgan fingerprint density at radius 3 is 2.75 bits per heavy atom. The van der Waals surface area contributed by atoms with Crippen LogP contribution < -0.4 is 5.32 Å². The van der Waals surface area contributed by atoms with Gasteiger partial charge in [-0.05, 0) is 32.4 Å². The van der Waals surface area contributed by atoms with E-state index in [0.29, 0.717) is 11.6 Å².